The molecule has 0 aliphatic carbocycles. The van der Waals surface area contributed by atoms with Crippen LogP contribution in [0.15, 0.2) is 45.3 Å². The van der Waals surface area contributed by atoms with E-state index < -0.39 is 36.0 Å². The van der Waals surface area contributed by atoms with Gasteiger partial charge in [-0.15, -0.1) is 0 Å². The Hall–Kier alpha value is -2.73. The van der Waals surface area contributed by atoms with E-state index in [9.17, 15) is 14.4 Å². The molecule has 40 heavy (non-hydrogen) atoms. The third-order valence-corrected chi connectivity index (χ3v) is 7.22. The number of aryl methyl sites for hydroxylation is 1. The Morgan fingerprint density at radius 3 is 2.48 bits per heavy atom. The van der Waals surface area contributed by atoms with Crippen molar-refractivity contribution in [1.82, 2.24) is 4.90 Å². The Morgan fingerprint density at radius 1 is 1.12 bits per heavy atom. The van der Waals surface area contributed by atoms with Gasteiger partial charge in [-0.1, -0.05) is 44.2 Å². The van der Waals surface area contributed by atoms with Gasteiger partial charge in [-0.2, -0.15) is 0 Å². The van der Waals surface area contributed by atoms with Crippen molar-refractivity contribution in [2.45, 2.75) is 52.2 Å². The number of halogens is 1. The van der Waals surface area contributed by atoms with E-state index in [4.69, 9.17) is 28.5 Å². The monoisotopic (exact) mass is 623 g/mol. The Kier molecular flexibility index (Phi) is 12.6. The minimum absolute atomic E-state index is 0.0206. The highest BCUT2D eigenvalue weighted by molar-refractivity contribution is 9.10. The van der Waals surface area contributed by atoms with Crippen LogP contribution < -0.4 is 0 Å². The number of furan rings is 1. The number of esters is 1. The van der Waals surface area contributed by atoms with Crippen molar-refractivity contribution in [3.05, 3.63) is 58.0 Å². The summed E-state index contributed by atoms with van der Waals surface area (Å²) in [6.45, 7) is 6.78. The van der Waals surface area contributed by atoms with Gasteiger partial charge in [-0.3, -0.25) is 9.59 Å². The van der Waals surface area contributed by atoms with Crippen molar-refractivity contribution < 1.29 is 42.9 Å². The van der Waals surface area contributed by atoms with Gasteiger partial charge in [0.15, 0.2) is 6.10 Å². The van der Waals surface area contributed by atoms with Gasteiger partial charge in [0, 0.05) is 20.0 Å². The molecule has 1 fully saturated rings. The smallest absolute Gasteiger partial charge is 0.416 e. The predicted molar refractivity (Wildman–Crippen MR) is 148 cm³/mol. The summed E-state index contributed by atoms with van der Waals surface area (Å²) in [6, 6.07) is 10.6. The number of nitrogens with zero attached hydrogens (tertiary/aromatic N) is 1. The van der Waals surface area contributed by atoms with E-state index >= 15 is 0 Å². The fourth-order valence-corrected chi connectivity index (χ4v) is 5.03. The lowest BCUT2D eigenvalue weighted by Crippen LogP contribution is -2.47. The fourth-order valence-electron chi connectivity index (χ4n) is 4.53. The molecule has 1 aliphatic rings. The van der Waals surface area contributed by atoms with Crippen LogP contribution in [-0.4, -0.2) is 73.7 Å². The standard InChI is InChI=1S/C29H38BrNO9/c1-19(2)24-18-38-29(35)31(24)28(34)22(16-21-8-5-4-6-9-21)27(39-20(3)33)26-17-23(30)25(40-26)10-7-12-36-14-15-37-13-11-32/h4-6,8-9,17,19,22,24,27,32H,7,10-16,18H2,1-3H3/t22-,24+,27-/m0/s1. The highest BCUT2D eigenvalue weighted by Crippen LogP contribution is 2.37. The van der Waals surface area contributed by atoms with Gasteiger partial charge in [-0.05, 0) is 46.3 Å². The largest absolute Gasteiger partial charge is 0.461 e. The fraction of sp³-hybridized carbons (Fsp3) is 0.552. The van der Waals surface area contributed by atoms with E-state index in [1.807, 2.05) is 44.2 Å². The maximum absolute atomic E-state index is 14.0. The van der Waals surface area contributed by atoms with Crippen LogP contribution in [0.25, 0.3) is 0 Å². The number of ether oxygens (including phenoxy) is 4. The van der Waals surface area contributed by atoms with Crippen molar-refractivity contribution in [2.24, 2.45) is 11.8 Å². The Labute approximate surface area is 243 Å². The molecule has 3 atom stereocenters. The molecule has 0 bridgehead atoms. The average Bonchev–Trinajstić information content (AvgIpc) is 3.50. The van der Waals surface area contributed by atoms with Crippen molar-refractivity contribution in [3.63, 3.8) is 0 Å². The first-order valence-corrected chi connectivity index (χ1v) is 14.3. The van der Waals surface area contributed by atoms with Crippen molar-refractivity contribution in [2.75, 3.05) is 39.6 Å². The maximum Gasteiger partial charge on any atom is 0.416 e. The maximum atomic E-state index is 14.0. The lowest BCUT2D eigenvalue weighted by atomic mass is 9.90. The number of rotatable bonds is 16. The van der Waals surface area contributed by atoms with Gasteiger partial charge >= 0.3 is 12.1 Å². The minimum atomic E-state index is -1.07. The number of aliphatic hydroxyl groups is 1. The van der Waals surface area contributed by atoms with E-state index in [2.05, 4.69) is 15.9 Å². The summed E-state index contributed by atoms with van der Waals surface area (Å²) >= 11 is 3.53. The summed E-state index contributed by atoms with van der Waals surface area (Å²) in [5.41, 5.74) is 0.845. The third-order valence-electron chi connectivity index (χ3n) is 6.54. The van der Waals surface area contributed by atoms with Crippen LogP contribution in [0.2, 0.25) is 0 Å². The first-order chi connectivity index (χ1) is 19.2. The molecule has 220 valence electrons. The van der Waals surface area contributed by atoms with E-state index in [1.165, 1.54) is 6.92 Å². The van der Waals surface area contributed by atoms with E-state index in [1.54, 1.807) is 6.07 Å². The molecule has 3 rings (SSSR count). The minimum Gasteiger partial charge on any atom is -0.461 e. The quantitative estimate of drug-likeness (QED) is 0.213. The number of hydrogen-bond donors (Lipinski definition) is 1. The summed E-state index contributed by atoms with van der Waals surface area (Å²) in [7, 11) is 0. The number of imide groups is 1. The molecule has 0 spiro atoms. The second kappa shape index (κ2) is 15.9. The molecule has 2 amide bonds. The predicted octanol–water partition coefficient (Wildman–Crippen LogP) is 4.47. The van der Waals surface area contributed by atoms with Crippen LogP contribution in [0.3, 0.4) is 0 Å². The van der Waals surface area contributed by atoms with Crippen LogP contribution in [0.1, 0.15) is 50.4 Å². The molecular formula is C29H38BrNO9. The van der Waals surface area contributed by atoms with Crippen LogP contribution in [0.5, 0.6) is 0 Å². The molecule has 0 saturated carbocycles. The number of cyclic esters (lactones) is 1. The Balaban J connectivity index is 1.83. The zero-order chi connectivity index (χ0) is 29.1. The second-order valence-corrected chi connectivity index (χ2v) is 10.7. The number of carbonyl (C=O) groups excluding carboxylic acids is 3. The summed E-state index contributed by atoms with van der Waals surface area (Å²) in [5, 5.41) is 8.74. The molecule has 1 aliphatic heterocycles. The van der Waals surface area contributed by atoms with Gasteiger partial charge < -0.3 is 28.5 Å². The highest BCUT2D eigenvalue weighted by atomic mass is 79.9. The topological polar surface area (TPSA) is 125 Å². The van der Waals surface area contributed by atoms with Crippen molar-refractivity contribution in [1.29, 1.82) is 0 Å². The highest BCUT2D eigenvalue weighted by Gasteiger charge is 2.46. The molecule has 2 heterocycles. The average molecular weight is 625 g/mol. The summed E-state index contributed by atoms with van der Waals surface area (Å²) in [5.74, 6) is -1.09. The first-order valence-electron chi connectivity index (χ1n) is 13.5. The molecule has 10 nitrogen and oxygen atoms in total. The van der Waals surface area contributed by atoms with E-state index in [-0.39, 0.29) is 32.2 Å². The number of amides is 2. The lowest BCUT2D eigenvalue weighted by molar-refractivity contribution is -0.155. The van der Waals surface area contributed by atoms with Crippen LogP contribution in [0, 0.1) is 11.8 Å². The van der Waals surface area contributed by atoms with Gasteiger partial charge in [0.25, 0.3) is 0 Å². The zero-order valence-corrected chi connectivity index (χ0v) is 24.8. The lowest BCUT2D eigenvalue weighted by Gasteiger charge is -2.30. The molecule has 11 heteroatoms. The van der Waals surface area contributed by atoms with Gasteiger partial charge in [0.1, 0.15) is 18.1 Å². The molecule has 1 saturated heterocycles. The number of carbonyl (C=O) groups is 3. The molecular weight excluding hydrogens is 586 g/mol. The second-order valence-electron chi connectivity index (χ2n) is 9.89. The van der Waals surface area contributed by atoms with Crippen LogP contribution >= 0.6 is 15.9 Å². The number of hydrogen-bond acceptors (Lipinski definition) is 9. The van der Waals surface area contributed by atoms with Crippen molar-refractivity contribution in [3.8, 4) is 0 Å². The van der Waals surface area contributed by atoms with Crippen molar-refractivity contribution >= 4 is 33.9 Å². The molecule has 1 N–H and O–H groups in total. The Morgan fingerprint density at radius 2 is 1.82 bits per heavy atom. The molecule has 1 aromatic carbocycles. The van der Waals surface area contributed by atoms with Gasteiger partial charge in [0.05, 0.1) is 42.9 Å². The normalized spacial score (nSPS) is 16.7. The molecule has 0 radical (unpaired) electrons. The first kappa shape index (κ1) is 31.8. The molecule has 0 unspecified atom stereocenters. The van der Waals surface area contributed by atoms with E-state index in [0.29, 0.717) is 48.7 Å². The van der Waals surface area contributed by atoms with Crippen LogP contribution in [-0.2, 0) is 41.4 Å². The summed E-state index contributed by atoms with van der Waals surface area (Å²) in [6.07, 6.45) is -0.365. The SMILES string of the molecule is CC(=O)O[C@H](c1cc(Br)c(CCCOCCOCCO)o1)[C@H](Cc1ccccc1)C(=O)N1C(=O)OC[C@@H]1C(C)C. The zero-order valence-electron chi connectivity index (χ0n) is 23.2. The molecule has 1 aromatic heterocycles. The summed E-state index contributed by atoms with van der Waals surface area (Å²) in [4.78, 5) is 40.2. The number of aliphatic hydroxyl groups excluding tert-OH is 1. The Bertz CT molecular complexity index is 1100. The van der Waals surface area contributed by atoms with E-state index in [0.717, 1.165) is 10.5 Å². The summed E-state index contributed by atoms with van der Waals surface area (Å²) < 4.78 is 28.5. The molecule has 2 aromatic rings. The number of benzene rings is 1. The van der Waals surface area contributed by atoms with Crippen LogP contribution in [0.4, 0.5) is 4.79 Å². The van der Waals surface area contributed by atoms with Gasteiger partial charge in [0.2, 0.25) is 5.91 Å². The third kappa shape index (κ3) is 8.89. The van der Waals surface area contributed by atoms with Gasteiger partial charge in [-0.25, -0.2) is 9.69 Å².